The Morgan fingerprint density at radius 2 is 1.73 bits per heavy atom. The third-order valence-electron chi connectivity index (χ3n) is 3.05. The van der Waals surface area contributed by atoms with Gasteiger partial charge in [-0.3, -0.25) is 9.59 Å². The minimum atomic E-state index is -4.56. The molecule has 0 radical (unpaired) electrons. The summed E-state index contributed by atoms with van der Waals surface area (Å²) < 4.78 is 38.3. The van der Waals surface area contributed by atoms with Gasteiger partial charge in [0.2, 0.25) is 11.8 Å². The number of carbonyl (C=O) groups is 2. The number of nitrogens with two attached hydrogens (primary N) is 1. The number of halogens is 3. The first kappa shape index (κ1) is 17.7. The first-order chi connectivity index (χ1) is 9.96. The smallest absolute Gasteiger partial charge is 0.367 e. The molecule has 22 heavy (non-hydrogen) atoms. The standard InChI is InChI=1S/C15H17F3N2O2/c1-9(2)7-12(21)20-14(3,13(19)22)10-5-4-6-11(8-10)15(16,17)18/h4-8H,1-3H3,(H2,19,22)(H,20,21)/t14-/m1/s1. The Labute approximate surface area is 126 Å². The van der Waals surface area contributed by atoms with Crippen molar-refractivity contribution in [1.29, 1.82) is 0 Å². The average Bonchev–Trinajstić information content (AvgIpc) is 2.36. The number of carbonyl (C=O) groups excluding carboxylic acids is 2. The molecular formula is C15H17F3N2O2. The normalized spacial score (nSPS) is 13.9. The lowest BCUT2D eigenvalue weighted by atomic mass is 9.89. The Hall–Kier alpha value is -2.31. The van der Waals surface area contributed by atoms with Crippen LogP contribution < -0.4 is 11.1 Å². The molecule has 1 aromatic rings. The summed E-state index contributed by atoms with van der Waals surface area (Å²) in [5, 5.41) is 2.36. The molecule has 0 aliphatic rings. The lowest BCUT2D eigenvalue weighted by Crippen LogP contribution is -2.52. The number of primary amides is 1. The van der Waals surface area contributed by atoms with E-state index in [0.717, 1.165) is 18.2 Å². The fourth-order valence-electron chi connectivity index (χ4n) is 1.83. The second kappa shape index (κ2) is 6.21. The highest BCUT2D eigenvalue weighted by molar-refractivity contribution is 5.95. The molecule has 0 aliphatic heterocycles. The van der Waals surface area contributed by atoms with Crippen LogP contribution in [0.25, 0.3) is 0 Å². The molecular weight excluding hydrogens is 297 g/mol. The zero-order chi connectivity index (χ0) is 17.1. The van der Waals surface area contributed by atoms with E-state index < -0.39 is 29.1 Å². The second-order valence-electron chi connectivity index (χ2n) is 5.28. The molecule has 0 heterocycles. The van der Waals surface area contributed by atoms with Gasteiger partial charge in [0.15, 0.2) is 0 Å². The molecule has 120 valence electrons. The van der Waals surface area contributed by atoms with Gasteiger partial charge in [-0.2, -0.15) is 13.2 Å². The molecule has 0 fully saturated rings. The van der Waals surface area contributed by atoms with Gasteiger partial charge >= 0.3 is 6.18 Å². The summed E-state index contributed by atoms with van der Waals surface area (Å²) in [4.78, 5) is 23.5. The van der Waals surface area contributed by atoms with Crippen LogP contribution in [-0.4, -0.2) is 11.8 Å². The summed E-state index contributed by atoms with van der Waals surface area (Å²) in [6.07, 6.45) is -3.33. The van der Waals surface area contributed by atoms with E-state index >= 15 is 0 Å². The van der Waals surface area contributed by atoms with Gasteiger partial charge in [0.25, 0.3) is 0 Å². The number of amides is 2. The first-order valence-electron chi connectivity index (χ1n) is 6.41. The molecule has 2 amide bonds. The molecule has 0 saturated heterocycles. The number of allylic oxidation sites excluding steroid dienone is 1. The van der Waals surface area contributed by atoms with Gasteiger partial charge in [-0.25, -0.2) is 0 Å². The fourth-order valence-corrected chi connectivity index (χ4v) is 1.83. The Morgan fingerprint density at radius 1 is 1.18 bits per heavy atom. The first-order valence-corrected chi connectivity index (χ1v) is 6.41. The van der Waals surface area contributed by atoms with Gasteiger partial charge in [-0.15, -0.1) is 0 Å². The lowest BCUT2D eigenvalue weighted by molar-refractivity contribution is -0.138. The predicted molar refractivity (Wildman–Crippen MR) is 75.6 cm³/mol. The zero-order valence-corrected chi connectivity index (χ0v) is 12.4. The van der Waals surface area contributed by atoms with E-state index in [1.165, 1.54) is 19.1 Å². The maximum absolute atomic E-state index is 12.8. The third kappa shape index (κ3) is 4.09. The average molecular weight is 314 g/mol. The van der Waals surface area contributed by atoms with Crippen molar-refractivity contribution in [2.45, 2.75) is 32.5 Å². The largest absolute Gasteiger partial charge is 0.416 e. The number of alkyl halides is 3. The summed E-state index contributed by atoms with van der Waals surface area (Å²) in [7, 11) is 0. The molecule has 0 bridgehead atoms. The van der Waals surface area contributed by atoms with Gasteiger partial charge in [0.05, 0.1) is 5.56 Å². The number of benzene rings is 1. The zero-order valence-electron chi connectivity index (χ0n) is 12.4. The van der Waals surface area contributed by atoms with E-state index in [1.807, 2.05) is 0 Å². The van der Waals surface area contributed by atoms with E-state index in [9.17, 15) is 22.8 Å². The lowest BCUT2D eigenvalue weighted by Gasteiger charge is -2.28. The molecule has 3 N–H and O–H groups in total. The van der Waals surface area contributed by atoms with Crippen molar-refractivity contribution in [1.82, 2.24) is 5.32 Å². The van der Waals surface area contributed by atoms with E-state index in [4.69, 9.17) is 5.73 Å². The van der Waals surface area contributed by atoms with Crippen molar-refractivity contribution < 1.29 is 22.8 Å². The summed E-state index contributed by atoms with van der Waals surface area (Å²) in [6.45, 7) is 4.61. The Kier molecular flexibility index (Phi) is 5.01. The van der Waals surface area contributed by atoms with Crippen LogP contribution in [0.5, 0.6) is 0 Å². The number of hydrogen-bond donors (Lipinski definition) is 2. The molecule has 0 saturated carbocycles. The molecule has 1 rings (SSSR count). The van der Waals surface area contributed by atoms with Crippen LogP contribution >= 0.6 is 0 Å². The molecule has 4 nitrogen and oxygen atoms in total. The monoisotopic (exact) mass is 314 g/mol. The molecule has 1 atom stereocenters. The van der Waals surface area contributed by atoms with Gasteiger partial charge in [0, 0.05) is 6.08 Å². The maximum Gasteiger partial charge on any atom is 0.416 e. The molecule has 0 spiro atoms. The van der Waals surface area contributed by atoms with Crippen LogP contribution in [0.2, 0.25) is 0 Å². The van der Waals surface area contributed by atoms with E-state index in [-0.39, 0.29) is 5.56 Å². The maximum atomic E-state index is 12.8. The Morgan fingerprint density at radius 3 is 2.18 bits per heavy atom. The number of nitrogens with one attached hydrogen (secondary N) is 1. The SMILES string of the molecule is CC(C)=CC(=O)N[C@@](C)(C(N)=O)c1cccc(C(F)(F)F)c1. The van der Waals surface area contributed by atoms with Crippen LogP contribution in [0.3, 0.4) is 0 Å². The van der Waals surface area contributed by atoms with Crippen molar-refractivity contribution in [3.8, 4) is 0 Å². The quantitative estimate of drug-likeness (QED) is 0.838. The van der Waals surface area contributed by atoms with Crippen LogP contribution in [0.15, 0.2) is 35.9 Å². The van der Waals surface area contributed by atoms with Gasteiger partial charge in [0.1, 0.15) is 5.54 Å². The highest BCUT2D eigenvalue weighted by Crippen LogP contribution is 2.32. The van der Waals surface area contributed by atoms with E-state index in [1.54, 1.807) is 13.8 Å². The number of hydrogen-bond acceptors (Lipinski definition) is 2. The van der Waals surface area contributed by atoms with Crippen LogP contribution in [0, 0.1) is 0 Å². The van der Waals surface area contributed by atoms with Gasteiger partial charge in [-0.05, 0) is 38.5 Å². The third-order valence-corrected chi connectivity index (χ3v) is 3.05. The van der Waals surface area contributed by atoms with Crippen molar-refractivity contribution in [3.63, 3.8) is 0 Å². The second-order valence-corrected chi connectivity index (χ2v) is 5.28. The van der Waals surface area contributed by atoms with Gasteiger partial charge < -0.3 is 11.1 Å². The van der Waals surface area contributed by atoms with Crippen LogP contribution in [0.1, 0.15) is 31.9 Å². The molecule has 0 aliphatic carbocycles. The number of rotatable bonds is 4. The van der Waals surface area contributed by atoms with Crippen molar-refractivity contribution in [3.05, 3.63) is 47.0 Å². The summed E-state index contributed by atoms with van der Waals surface area (Å²) >= 11 is 0. The molecule has 0 unspecified atom stereocenters. The Balaban J connectivity index is 3.29. The van der Waals surface area contributed by atoms with E-state index in [0.29, 0.717) is 5.57 Å². The molecule has 0 aromatic heterocycles. The summed E-state index contributed by atoms with van der Waals surface area (Å²) in [5.74, 6) is -1.57. The van der Waals surface area contributed by atoms with Crippen molar-refractivity contribution >= 4 is 11.8 Å². The van der Waals surface area contributed by atoms with Gasteiger partial charge in [-0.1, -0.05) is 17.7 Å². The van der Waals surface area contributed by atoms with Crippen LogP contribution in [-0.2, 0) is 21.3 Å². The fraction of sp³-hybridized carbons (Fsp3) is 0.333. The Bertz CT molecular complexity index is 619. The minimum absolute atomic E-state index is 0.0367. The summed E-state index contributed by atoms with van der Waals surface area (Å²) in [5.41, 5.74) is 3.26. The minimum Gasteiger partial charge on any atom is -0.367 e. The summed E-state index contributed by atoms with van der Waals surface area (Å²) in [6, 6.07) is 4.14. The molecule has 7 heteroatoms. The van der Waals surface area contributed by atoms with E-state index in [2.05, 4.69) is 5.32 Å². The predicted octanol–water partition coefficient (Wildman–Crippen LogP) is 2.49. The topological polar surface area (TPSA) is 72.2 Å². The highest BCUT2D eigenvalue weighted by Gasteiger charge is 2.37. The molecule has 1 aromatic carbocycles. The highest BCUT2D eigenvalue weighted by atomic mass is 19.4. The van der Waals surface area contributed by atoms with Crippen molar-refractivity contribution in [2.75, 3.05) is 0 Å². The van der Waals surface area contributed by atoms with Crippen LogP contribution in [0.4, 0.5) is 13.2 Å². The van der Waals surface area contributed by atoms with Crippen molar-refractivity contribution in [2.24, 2.45) is 5.73 Å².